The average molecular weight is 691 g/mol. The fraction of sp³-hybridized carbons (Fsp3) is 0.600. The van der Waals surface area contributed by atoms with Crippen molar-refractivity contribution in [2.75, 3.05) is 38.7 Å². The summed E-state index contributed by atoms with van der Waals surface area (Å²) in [5.41, 5.74) is 0.682. The molecular formula is C35H51FN4O7S. The van der Waals surface area contributed by atoms with E-state index in [0.717, 1.165) is 44.2 Å². The van der Waals surface area contributed by atoms with E-state index in [1.165, 1.54) is 29.9 Å². The average Bonchev–Trinajstić information content (AvgIpc) is 3.06. The maximum Gasteiger partial charge on any atom is 0.319 e. The predicted molar refractivity (Wildman–Crippen MR) is 182 cm³/mol. The van der Waals surface area contributed by atoms with Crippen LogP contribution in [0, 0.1) is 11.7 Å². The Morgan fingerprint density at radius 1 is 1.06 bits per heavy atom. The highest BCUT2D eigenvalue weighted by Crippen LogP contribution is 2.29. The van der Waals surface area contributed by atoms with Gasteiger partial charge in [0.15, 0.2) is 0 Å². The van der Waals surface area contributed by atoms with Gasteiger partial charge in [-0.3, -0.25) is 4.79 Å². The number of hydrogen-bond donors (Lipinski definition) is 3. The molecule has 0 bridgehead atoms. The number of amides is 3. The monoisotopic (exact) mass is 690 g/mol. The zero-order chi connectivity index (χ0) is 34.8. The predicted octanol–water partition coefficient (Wildman–Crippen LogP) is 5.40. The van der Waals surface area contributed by atoms with Gasteiger partial charge < -0.3 is 30.1 Å². The molecule has 1 saturated carbocycles. The number of ether oxygens (including phenoxy) is 2. The van der Waals surface area contributed by atoms with E-state index in [1.807, 2.05) is 13.8 Å². The Bertz CT molecular complexity index is 1470. The number of aliphatic hydroxyl groups excluding tert-OH is 1. The summed E-state index contributed by atoms with van der Waals surface area (Å²) < 4.78 is 53.9. The van der Waals surface area contributed by atoms with E-state index in [-0.39, 0.29) is 54.3 Å². The van der Waals surface area contributed by atoms with Crippen LogP contribution >= 0.6 is 0 Å². The molecule has 2 aromatic rings. The summed E-state index contributed by atoms with van der Waals surface area (Å²) in [5, 5.41) is 16.1. The summed E-state index contributed by atoms with van der Waals surface area (Å²) in [6.07, 6.45) is 6.57. The first-order valence-electron chi connectivity index (χ1n) is 17.0. The highest BCUT2D eigenvalue weighted by Gasteiger charge is 2.32. The second kappa shape index (κ2) is 17.4. The first kappa shape index (κ1) is 37.6. The third kappa shape index (κ3) is 10.1. The number of nitrogens with one attached hydrogen (secondary N) is 2. The van der Waals surface area contributed by atoms with Gasteiger partial charge in [-0.2, -0.15) is 4.31 Å². The van der Waals surface area contributed by atoms with Crippen LogP contribution in [0.1, 0.15) is 82.5 Å². The molecule has 2 aromatic carbocycles. The lowest BCUT2D eigenvalue weighted by atomic mass is 9.96. The SMILES string of the molecule is C[C@@H]1CN([C@@H](C)CO)C(=O)c2cc(NC(=O)NC3CCCCC3)ccc2O[C@@H](C)CCCCO[C@@H]1CN(C)S(=O)(=O)c1ccc(F)cc1. The Balaban J connectivity index is 1.60. The van der Waals surface area contributed by atoms with Crippen LogP contribution in [-0.4, -0.2) is 92.3 Å². The number of benzene rings is 2. The molecule has 0 spiro atoms. The summed E-state index contributed by atoms with van der Waals surface area (Å²) in [6, 6.07) is 8.87. The Kier molecular flexibility index (Phi) is 13.6. The number of nitrogens with zero attached hydrogens (tertiary/aromatic N) is 2. The fourth-order valence-electron chi connectivity index (χ4n) is 6.20. The molecule has 11 nitrogen and oxygen atoms in total. The van der Waals surface area contributed by atoms with E-state index >= 15 is 0 Å². The number of anilines is 1. The third-order valence-electron chi connectivity index (χ3n) is 9.21. The standard InChI is InChI=1S/C35H51FN4O7S/c1-24-21-40(25(2)23-41)34(42)31-20-29(38-35(43)37-28-11-6-5-7-12-28)15-18-32(31)47-26(3)10-8-9-19-46-33(24)22-39(4)48(44,45)30-16-13-27(36)14-17-30/h13-18,20,24-26,28,33,41H,5-12,19,21-23H2,1-4H3,(H2,37,38,43)/t24-,25+,26+,33-/m1/s1. The molecule has 4 rings (SSSR count). The van der Waals surface area contributed by atoms with E-state index in [4.69, 9.17) is 9.47 Å². The summed E-state index contributed by atoms with van der Waals surface area (Å²) in [4.78, 5) is 28.7. The van der Waals surface area contributed by atoms with Gasteiger partial charge in [0.05, 0.1) is 35.3 Å². The van der Waals surface area contributed by atoms with Gasteiger partial charge in [0, 0.05) is 44.4 Å². The largest absolute Gasteiger partial charge is 0.490 e. The lowest BCUT2D eigenvalue weighted by molar-refractivity contribution is -0.00834. The van der Waals surface area contributed by atoms with Crippen LogP contribution in [0.25, 0.3) is 0 Å². The number of likely N-dealkylation sites (N-methyl/N-ethyl adjacent to an activating group) is 1. The van der Waals surface area contributed by atoms with Crippen LogP contribution in [0.5, 0.6) is 5.75 Å². The van der Waals surface area contributed by atoms with Gasteiger partial charge in [0.25, 0.3) is 5.91 Å². The molecular weight excluding hydrogens is 639 g/mol. The Morgan fingerprint density at radius 2 is 1.75 bits per heavy atom. The highest BCUT2D eigenvalue weighted by molar-refractivity contribution is 7.89. The Hall–Kier alpha value is -3.26. The van der Waals surface area contributed by atoms with Crippen LogP contribution in [-0.2, 0) is 14.8 Å². The van der Waals surface area contributed by atoms with Gasteiger partial charge in [0.2, 0.25) is 10.0 Å². The molecule has 2 aliphatic rings. The summed E-state index contributed by atoms with van der Waals surface area (Å²) >= 11 is 0. The highest BCUT2D eigenvalue weighted by atomic mass is 32.2. The molecule has 48 heavy (non-hydrogen) atoms. The minimum absolute atomic E-state index is 0.00329. The quantitative estimate of drug-likeness (QED) is 0.338. The van der Waals surface area contributed by atoms with Gasteiger partial charge in [-0.15, -0.1) is 0 Å². The molecule has 1 heterocycles. The minimum atomic E-state index is -3.95. The molecule has 3 amide bonds. The Labute approximate surface area is 284 Å². The van der Waals surface area contributed by atoms with E-state index in [9.17, 15) is 27.5 Å². The number of urea groups is 1. The summed E-state index contributed by atoms with van der Waals surface area (Å²) in [5.74, 6) is -0.912. The second-order valence-electron chi connectivity index (χ2n) is 13.2. The topological polar surface area (TPSA) is 138 Å². The van der Waals surface area contributed by atoms with Crippen molar-refractivity contribution in [2.45, 2.75) is 101 Å². The fourth-order valence-corrected chi connectivity index (χ4v) is 7.38. The van der Waals surface area contributed by atoms with Gasteiger partial charge in [-0.05, 0) is 88.4 Å². The normalized spacial score (nSPS) is 22.7. The van der Waals surface area contributed by atoms with Crippen LogP contribution in [0.4, 0.5) is 14.9 Å². The number of halogens is 1. The first-order valence-corrected chi connectivity index (χ1v) is 18.5. The van der Waals surface area contributed by atoms with Gasteiger partial charge >= 0.3 is 6.03 Å². The molecule has 0 aromatic heterocycles. The third-order valence-corrected chi connectivity index (χ3v) is 11.0. The summed E-state index contributed by atoms with van der Waals surface area (Å²) in [6.45, 7) is 5.76. The zero-order valence-electron chi connectivity index (χ0n) is 28.5. The van der Waals surface area contributed by atoms with Gasteiger partial charge in [-0.25, -0.2) is 17.6 Å². The van der Waals surface area contributed by atoms with Crippen molar-refractivity contribution in [2.24, 2.45) is 5.92 Å². The number of carbonyl (C=O) groups excluding carboxylic acids is 2. The van der Waals surface area contributed by atoms with Crippen molar-refractivity contribution < 1.29 is 37.0 Å². The number of carbonyl (C=O) groups is 2. The minimum Gasteiger partial charge on any atom is -0.490 e. The molecule has 1 aliphatic carbocycles. The number of aliphatic hydroxyl groups is 1. The van der Waals surface area contributed by atoms with Gasteiger partial charge in [-0.1, -0.05) is 26.2 Å². The van der Waals surface area contributed by atoms with Crippen molar-refractivity contribution in [3.05, 3.63) is 53.8 Å². The van der Waals surface area contributed by atoms with Crippen LogP contribution < -0.4 is 15.4 Å². The van der Waals surface area contributed by atoms with E-state index < -0.39 is 33.9 Å². The van der Waals surface area contributed by atoms with Crippen LogP contribution in [0.15, 0.2) is 47.4 Å². The van der Waals surface area contributed by atoms with Crippen LogP contribution in [0.2, 0.25) is 0 Å². The molecule has 0 saturated heterocycles. The maximum atomic E-state index is 14.3. The number of fused-ring (bicyclic) bond motifs is 1. The number of sulfonamides is 1. The van der Waals surface area contributed by atoms with Crippen molar-refractivity contribution in [3.63, 3.8) is 0 Å². The molecule has 3 N–H and O–H groups in total. The lowest BCUT2D eigenvalue weighted by Crippen LogP contribution is -2.48. The number of hydrogen-bond acceptors (Lipinski definition) is 7. The first-order chi connectivity index (χ1) is 22.9. The zero-order valence-corrected chi connectivity index (χ0v) is 29.3. The second-order valence-corrected chi connectivity index (χ2v) is 15.2. The molecule has 1 aliphatic heterocycles. The Morgan fingerprint density at radius 3 is 2.44 bits per heavy atom. The van der Waals surface area contributed by atoms with Crippen LogP contribution in [0.3, 0.4) is 0 Å². The van der Waals surface area contributed by atoms with Crippen molar-refractivity contribution in [3.8, 4) is 5.75 Å². The van der Waals surface area contributed by atoms with E-state index in [1.54, 1.807) is 30.0 Å². The van der Waals surface area contributed by atoms with Crippen molar-refractivity contribution in [1.29, 1.82) is 0 Å². The molecule has 1 fully saturated rings. The molecule has 0 unspecified atom stereocenters. The molecule has 266 valence electrons. The summed E-state index contributed by atoms with van der Waals surface area (Å²) in [7, 11) is -2.49. The van der Waals surface area contributed by atoms with E-state index in [0.29, 0.717) is 30.9 Å². The van der Waals surface area contributed by atoms with Crippen molar-refractivity contribution >= 4 is 27.6 Å². The molecule has 13 heteroatoms. The smallest absolute Gasteiger partial charge is 0.319 e. The van der Waals surface area contributed by atoms with Crippen molar-refractivity contribution in [1.82, 2.24) is 14.5 Å². The molecule has 4 atom stereocenters. The maximum absolute atomic E-state index is 14.3. The molecule has 0 radical (unpaired) electrons. The lowest BCUT2D eigenvalue weighted by Gasteiger charge is -2.35. The van der Waals surface area contributed by atoms with Gasteiger partial charge in [0.1, 0.15) is 11.6 Å². The number of rotatable bonds is 8. The van der Waals surface area contributed by atoms with E-state index in [2.05, 4.69) is 10.6 Å².